The van der Waals surface area contributed by atoms with Crippen LogP contribution in [-0.4, -0.2) is 45.6 Å². The van der Waals surface area contributed by atoms with Crippen molar-refractivity contribution in [3.05, 3.63) is 60.2 Å². The Labute approximate surface area is 185 Å². The van der Waals surface area contributed by atoms with Gasteiger partial charge < -0.3 is 20.6 Å². The Morgan fingerprint density at radius 2 is 1.90 bits per heavy atom. The highest BCUT2D eigenvalue weighted by molar-refractivity contribution is 5.76. The minimum atomic E-state index is -0.586. The van der Waals surface area contributed by atoms with E-state index in [9.17, 15) is 20.1 Å². The molecule has 2 fully saturated rings. The molecule has 2 aliphatic carbocycles. The minimum Gasteiger partial charge on any atom is -0.393 e. The van der Waals surface area contributed by atoms with Gasteiger partial charge in [-0.15, -0.1) is 0 Å². The minimum absolute atomic E-state index is 0.0537. The summed E-state index contributed by atoms with van der Waals surface area (Å²) in [6.45, 7) is 0. The third kappa shape index (κ3) is 8.24. The lowest BCUT2D eigenvalue weighted by Gasteiger charge is -2.19. The second kappa shape index (κ2) is 12.2. The number of benzene rings is 1. The van der Waals surface area contributed by atoms with E-state index in [-0.39, 0.29) is 17.7 Å². The Morgan fingerprint density at radius 3 is 2.65 bits per heavy atom. The van der Waals surface area contributed by atoms with E-state index in [0.717, 1.165) is 32.1 Å². The lowest BCUT2D eigenvalue weighted by atomic mass is 9.89. The number of unbranched alkanes of at least 4 members (excludes halogenated alkanes) is 1. The molecule has 31 heavy (non-hydrogen) atoms. The summed E-state index contributed by atoms with van der Waals surface area (Å²) in [5.41, 5.74) is 1.19. The van der Waals surface area contributed by atoms with Crippen LogP contribution in [0.25, 0.3) is 0 Å². The predicted molar refractivity (Wildman–Crippen MR) is 122 cm³/mol. The van der Waals surface area contributed by atoms with Crippen molar-refractivity contribution in [3.63, 3.8) is 0 Å². The Balaban J connectivity index is 1.39. The lowest BCUT2D eigenvalue weighted by molar-refractivity contribution is -0.121. The molecule has 0 saturated heterocycles. The molecule has 0 bridgehead atoms. The number of allylic oxidation sites excluding steroid dienone is 2. The molecule has 3 rings (SSSR count). The predicted octanol–water partition coefficient (Wildman–Crippen LogP) is 3.29. The molecule has 0 heterocycles. The largest absolute Gasteiger partial charge is 0.393 e. The first-order valence-corrected chi connectivity index (χ1v) is 11.7. The molecular weight excluding hydrogens is 390 g/mol. The molecule has 5 atom stereocenters. The second-order valence-electron chi connectivity index (χ2n) is 9.03. The molecule has 2 saturated carbocycles. The van der Waals surface area contributed by atoms with Crippen molar-refractivity contribution in [3.8, 4) is 0 Å². The molecule has 0 radical (unpaired) electrons. The summed E-state index contributed by atoms with van der Waals surface area (Å²) in [6, 6.07) is 10.5. The number of carbonyl (C=O) groups excluding carboxylic acids is 1. The highest BCUT2D eigenvalue weighted by atomic mass is 16.3. The van der Waals surface area contributed by atoms with Gasteiger partial charge in [0.2, 0.25) is 5.91 Å². The van der Waals surface area contributed by atoms with Gasteiger partial charge in [-0.2, -0.15) is 0 Å². The topological polar surface area (TPSA) is 89.8 Å². The number of hydrogen-bond acceptors (Lipinski definition) is 4. The number of amides is 1. The number of aliphatic hydroxyl groups excluding tert-OH is 3. The van der Waals surface area contributed by atoms with Gasteiger partial charge in [0, 0.05) is 24.8 Å². The van der Waals surface area contributed by atoms with E-state index in [1.165, 1.54) is 5.56 Å². The van der Waals surface area contributed by atoms with Gasteiger partial charge in [0.15, 0.2) is 0 Å². The first kappa shape index (κ1) is 23.7. The lowest BCUT2D eigenvalue weighted by Crippen LogP contribution is -2.24. The molecule has 1 amide bonds. The molecule has 1 aromatic rings. The van der Waals surface area contributed by atoms with Crippen LogP contribution < -0.4 is 5.32 Å². The number of aryl methyl sites for hydroxylation is 1. The zero-order valence-electron chi connectivity index (χ0n) is 18.3. The van der Waals surface area contributed by atoms with Crippen LogP contribution >= 0.6 is 0 Å². The van der Waals surface area contributed by atoms with Gasteiger partial charge in [0.05, 0.1) is 18.3 Å². The fourth-order valence-electron chi connectivity index (χ4n) is 4.30. The maximum atomic E-state index is 11.7. The van der Waals surface area contributed by atoms with Crippen LogP contribution in [0.1, 0.15) is 56.9 Å². The quantitative estimate of drug-likeness (QED) is 0.304. The Morgan fingerprint density at radius 1 is 1.13 bits per heavy atom. The molecule has 0 spiro atoms. The highest BCUT2D eigenvalue weighted by Crippen LogP contribution is 2.36. The van der Waals surface area contributed by atoms with Crippen LogP contribution in [-0.2, 0) is 11.2 Å². The third-order valence-corrected chi connectivity index (χ3v) is 6.33. The highest BCUT2D eigenvalue weighted by Gasteiger charge is 2.39. The van der Waals surface area contributed by atoms with Gasteiger partial charge >= 0.3 is 0 Å². The van der Waals surface area contributed by atoms with Crippen LogP contribution in [0.4, 0.5) is 0 Å². The summed E-state index contributed by atoms with van der Waals surface area (Å²) >= 11 is 0. The van der Waals surface area contributed by atoms with Crippen molar-refractivity contribution in [2.45, 2.75) is 82.1 Å². The molecule has 2 aliphatic rings. The van der Waals surface area contributed by atoms with Gasteiger partial charge in [0.1, 0.15) is 0 Å². The van der Waals surface area contributed by atoms with E-state index >= 15 is 0 Å². The molecule has 1 aromatic carbocycles. The van der Waals surface area contributed by atoms with Crippen molar-refractivity contribution in [1.82, 2.24) is 5.32 Å². The zero-order valence-corrected chi connectivity index (χ0v) is 18.3. The number of carbonyl (C=O) groups is 1. The van der Waals surface area contributed by atoms with Crippen molar-refractivity contribution < 1.29 is 20.1 Å². The second-order valence-corrected chi connectivity index (χ2v) is 9.03. The zero-order chi connectivity index (χ0) is 22.1. The maximum Gasteiger partial charge on any atom is 0.220 e. The molecular formula is C26H37NO4. The van der Waals surface area contributed by atoms with E-state index in [2.05, 4.69) is 29.6 Å². The van der Waals surface area contributed by atoms with Gasteiger partial charge in [-0.25, -0.2) is 0 Å². The number of rotatable bonds is 12. The summed E-state index contributed by atoms with van der Waals surface area (Å²) in [5.74, 6) is -0.0707. The normalized spacial score (nSPS) is 27.2. The molecule has 0 aromatic heterocycles. The van der Waals surface area contributed by atoms with Crippen LogP contribution in [0, 0.1) is 11.8 Å². The summed E-state index contributed by atoms with van der Waals surface area (Å²) in [7, 11) is 0. The maximum absolute atomic E-state index is 11.7. The van der Waals surface area contributed by atoms with Gasteiger partial charge in [0.25, 0.3) is 0 Å². The number of hydrogen-bond donors (Lipinski definition) is 4. The van der Waals surface area contributed by atoms with Crippen LogP contribution in [0.5, 0.6) is 0 Å². The molecule has 5 nitrogen and oxygen atoms in total. The monoisotopic (exact) mass is 427 g/mol. The summed E-state index contributed by atoms with van der Waals surface area (Å²) < 4.78 is 0. The first-order valence-electron chi connectivity index (χ1n) is 11.7. The number of nitrogens with one attached hydrogen (secondary N) is 1. The van der Waals surface area contributed by atoms with E-state index in [4.69, 9.17) is 0 Å². The van der Waals surface area contributed by atoms with Crippen molar-refractivity contribution in [2.24, 2.45) is 11.8 Å². The van der Waals surface area contributed by atoms with Crippen molar-refractivity contribution in [1.29, 1.82) is 0 Å². The fourth-order valence-corrected chi connectivity index (χ4v) is 4.30. The summed E-state index contributed by atoms with van der Waals surface area (Å²) in [5, 5.41) is 34.0. The molecule has 4 N–H and O–H groups in total. The van der Waals surface area contributed by atoms with Crippen LogP contribution in [0.2, 0.25) is 0 Å². The van der Waals surface area contributed by atoms with E-state index in [1.807, 2.05) is 24.3 Å². The molecule has 170 valence electrons. The van der Waals surface area contributed by atoms with E-state index in [1.54, 1.807) is 6.08 Å². The average molecular weight is 428 g/mol. The SMILES string of the molecule is O=C(CCC/C=C\C[C@@H]1[C@@H](/C=C/[C@@H](O)CCc2ccccc2)[C@H](O)C[C@H]1O)NC1CC1. The van der Waals surface area contributed by atoms with Gasteiger partial charge in [-0.3, -0.25) is 4.79 Å². The molecule has 0 unspecified atom stereocenters. The molecule has 5 heteroatoms. The number of aliphatic hydroxyl groups is 3. The van der Waals surface area contributed by atoms with E-state index < -0.39 is 18.3 Å². The summed E-state index contributed by atoms with van der Waals surface area (Å²) in [6.07, 6.45) is 13.0. The van der Waals surface area contributed by atoms with Crippen LogP contribution in [0.15, 0.2) is 54.6 Å². The van der Waals surface area contributed by atoms with Crippen LogP contribution in [0.3, 0.4) is 0 Å². The van der Waals surface area contributed by atoms with Crippen molar-refractivity contribution in [2.75, 3.05) is 0 Å². The smallest absolute Gasteiger partial charge is 0.220 e. The van der Waals surface area contributed by atoms with Gasteiger partial charge in [-0.05, 0) is 56.4 Å². The fraction of sp³-hybridized carbons (Fsp3) is 0.577. The summed E-state index contributed by atoms with van der Waals surface area (Å²) in [4.78, 5) is 11.7. The Bertz CT molecular complexity index is 728. The van der Waals surface area contributed by atoms with Gasteiger partial charge in [-0.1, -0.05) is 54.6 Å². The first-order chi connectivity index (χ1) is 15.0. The average Bonchev–Trinajstić information content (AvgIpc) is 3.52. The van der Waals surface area contributed by atoms with Crippen molar-refractivity contribution >= 4 is 5.91 Å². The molecule has 0 aliphatic heterocycles. The standard InChI is InChI=1S/C26H37NO4/c28-21(15-12-19-8-4-3-5-9-19)16-17-23-22(24(29)18-25(23)30)10-6-1-2-7-11-26(31)27-20-13-14-20/h1,3-6,8-9,16-17,20-25,28-30H,2,7,10-15,18H2,(H,27,31)/b6-1-,17-16+/t21-,22+,23+,24+,25+/m0/s1. The Kier molecular flexibility index (Phi) is 9.31. The van der Waals surface area contributed by atoms with E-state index in [0.29, 0.717) is 31.7 Å². The third-order valence-electron chi connectivity index (χ3n) is 6.33. The Hall–Kier alpha value is -1.95.